The van der Waals surface area contributed by atoms with Gasteiger partial charge in [0, 0.05) is 25.6 Å². The molecule has 2 N–H and O–H groups in total. The Kier molecular flexibility index (Phi) is 4.85. The lowest BCUT2D eigenvalue weighted by atomic mass is 10.2. The van der Waals surface area contributed by atoms with Crippen LogP contribution in [0, 0.1) is 0 Å². The van der Waals surface area contributed by atoms with E-state index in [0.717, 1.165) is 12.2 Å². The average molecular weight is 307 g/mol. The summed E-state index contributed by atoms with van der Waals surface area (Å²) in [6.45, 7) is 9.20. The topological polar surface area (TPSA) is 87.8 Å². The van der Waals surface area contributed by atoms with E-state index in [-0.39, 0.29) is 17.3 Å². The van der Waals surface area contributed by atoms with Crippen LogP contribution in [0.1, 0.15) is 46.0 Å². The van der Waals surface area contributed by atoms with Crippen molar-refractivity contribution in [1.29, 1.82) is 0 Å². The van der Waals surface area contributed by atoms with Gasteiger partial charge >= 0.3 is 5.69 Å². The van der Waals surface area contributed by atoms with E-state index in [4.69, 9.17) is 5.73 Å². The van der Waals surface area contributed by atoms with Gasteiger partial charge in [-0.05, 0) is 33.7 Å². The molecule has 0 bridgehead atoms. The summed E-state index contributed by atoms with van der Waals surface area (Å²) in [5.41, 5.74) is 6.09. The molecule has 7 nitrogen and oxygen atoms in total. The van der Waals surface area contributed by atoms with Crippen molar-refractivity contribution in [2.45, 2.75) is 59.7 Å². The van der Waals surface area contributed by atoms with E-state index in [1.165, 1.54) is 4.57 Å². The molecule has 22 heavy (non-hydrogen) atoms. The summed E-state index contributed by atoms with van der Waals surface area (Å²) < 4.78 is 4.82. The van der Waals surface area contributed by atoms with Crippen LogP contribution in [0.15, 0.2) is 9.59 Å². The third kappa shape index (κ3) is 2.39. The van der Waals surface area contributed by atoms with E-state index < -0.39 is 0 Å². The minimum atomic E-state index is -0.283. The molecule has 0 aliphatic heterocycles. The van der Waals surface area contributed by atoms with Gasteiger partial charge in [0.1, 0.15) is 5.82 Å². The maximum absolute atomic E-state index is 12.7. The Morgan fingerprint density at radius 2 is 1.77 bits per heavy atom. The number of aryl methyl sites for hydroxylation is 1. The van der Waals surface area contributed by atoms with Gasteiger partial charge in [-0.2, -0.15) is 0 Å². The highest BCUT2D eigenvalue weighted by atomic mass is 16.2. The molecule has 7 heteroatoms. The van der Waals surface area contributed by atoms with Crippen LogP contribution >= 0.6 is 0 Å². The van der Waals surface area contributed by atoms with Gasteiger partial charge in [-0.15, -0.1) is 0 Å². The second-order valence-corrected chi connectivity index (χ2v) is 5.44. The summed E-state index contributed by atoms with van der Waals surface area (Å²) in [6, 6.07) is -0.0145. The zero-order valence-corrected chi connectivity index (χ0v) is 13.8. The third-order valence-electron chi connectivity index (χ3n) is 4.17. The zero-order valence-electron chi connectivity index (χ0n) is 13.8. The molecule has 1 unspecified atom stereocenters. The summed E-state index contributed by atoms with van der Waals surface area (Å²) >= 11 is 0. The first-order valence-corrected chi connectivity index (χ1v) is 7.96. The molecule has 0 aliphatic carbocycles. The van der Waals surface area contributed by atoms with Crippen molar-refractivity contribution in [3.63, 3.8) is 0 Å². The van der Waals surface area contributed by atoms with Crippen LogP contribution in [0.4, 0.5) is 0 Å². The molecule has 122 valence electrons. The minimum Gasteiger partial charge on any atom is -0.330 e. The molecule has 2 heterocycles. The van der Waals surface area contributed by atoms with Gasteiger partial charge in [0.2, 0.25) is 0 Å². The molecule has 2 rings (SSSR count). The first-order valence-electron chi connectivity index (χ1n) is 7.96. The first kappa shape index (κ1) is 16.5. The SMILES string of the molecule is CCC(C)n1c(=O)n(CC)c(=O)c2c1nc(CCN)n2CC. The van der Waals surface area contributed by atoms with E-state index in [1.807, 2.05) is 32.3 Å². The standard InChI is InChI=1S/C15H25N5O2/c1-5-10(4)20-13-12(14(21)19(7-3)15(20)22)18(6-2)11(17-13)8-9-16/h10H,5-9,16H2,1-4H3. The molecule has 2 aromatic heterocycles. The van der Waals surface area contributed by atoms with Gasteiger partial charge in [0.05, 0.1) is 0 Å². The van der Waals surface area contributed by atoms with Crippen molar-refractivity contribution in [3.8, 4) is 0 Å². The molecular weight excluding hydrogens is 282 g/mol. The lowest BCUT2D eigenvalue weighted by molar-refractivity contribution is 0.488. The maximum Gasteiger partial charge on any atom is 0.332 e. The lowest BCUT2D eigenvalue weighted by Crippen LogP contribution is -2.41. The summed E-state index contributed by atoms with van der Waals surface area (Å²) in [6.07, 6.45) is 1.38. The molecule has 0 amide bonds. The second kappa shape index (κ2) is 6.48. The number of hydrogen-bond acceptors (Lipinski definition) is 4. The van der Waals surface area contributed by atoms with E-state index in [9.17, 15) is 9.59 Å². The van der Waals surface area contributed by atoms with Crippen LogP contribution in [0.2, 0.25) is 0 Å². The van der Waals surface area contributed by atoms with Crippen molar-refractivity contribution in [1.82, 2.24) is 18.7 Å². The molecule has 1 atom stereocenters. The summed E-state index contributed by atoms with van der Waals surface area (Å²) in [7, 11) is 0. The largest absolute Gasteiger partial charge is 0.332 e. The molecule has 0 radical (unpaired) electrons. The predicted molar refractivity (Wildman–Crippen MR) is 87.4 cm³/mol. The highest BCUT2D eigenvalue weighted by Crippen LogP contribution is 2.17. The third-order valence-corrected chi connectivity index (χ3v) is 4.17. The number of nitrogens with two attached hydrogens (primary N) is 1. The molecule has 0 saturated heterocycles. The number of imidazole rings is 1. The fourth-order valence-corrected chi connectivity index (χ4v) is 2.82. The van der Waals surface area contributed by atoms with Gasteiger partial charge in [0.15, 0.2) is 11.2 Å². The Balaban J connectivity index is 3.00. The molecule has 0 spiro atoms. The summed E-state index contributed by atoms with van der Waals surface area (Å²) in [4.78, 5) is 29.9. The molecule has 0 fully saturated rings. The van der Waals surface area contributed by atoms with Crippen LogP contribution in [-0.2, 0) is 19.5 Å². The van der Waals surface area contributed by atoms with Crippen LogP contribution in [0.25, 0.3) is 11.2 Å². The fraction of sp³-hybridized carbons (Fsp3) is 0.667. The molecule has 0 aromatic carbocycles. The van der Waals surface area contributed by atoms with Gasteiger partial charge in [0.25, 0.3) is 5.56 Å². The monoisotopic (exact) mass is 307 g/mol. The lowest BCUT2D eigenvalue weighted by Gasteiger charge is -2.16. The Morgan fingerprint density at radius 3 is 2.27 bits per heavy atom. The Hall–Kier alpha value is -1.89. The van der Waals surface area contributed by atoms with E-state index in [0.29, 0.717) is 37.2 Å². The second-order valence-electron chi connectivity index (χ2n) is 5.44. The number of rotatable bonds is 6. The molecule has 0 aliphatic rings. The van der Waals surface area contributed by atoms with E-state index >= 15 is 0 Å². The van der Waals surface area contributed by atoms with Gasteiger partial charge < -0.3 is 10.3 Å². The average Bonchev–Trinajstić information content (AvgIpc) is 2.86. The smallest absolute Gasteiger partial charge is 0.330 e. The number of aromatic nitrogens is 4. The van der Waals surface area contributed by atoms with Gasteiger partial charge in [-0.3, -0.25) is 13.9 Å². The summed E-state index contributed by atoms with van der Waals surface area (Å²) in [5, 5.41) is 0. The van der Waals surface area contributed by atoms with Crippen LogP contribution < -0.4 is 17.0 Å². The fourth-order valence-electron chi connectivity index (χ4n) is 2.82. The summed E-state index contributed by atoms with van der Waals surface area (Å²) in [5.74, 6) is 0.766. The van der Waals surface area contributed by atoms with Crippen molar-refractivity contribution >= 4 is 11.2 Å². The van der Waals surface area contributed by atoms with E-state index in [2.05, 4.69) is 4.98 Å². The first-order chi connectivity index (χ1) is 10.5. The Labute approximate surface area is 129 Å². The molecular formula is C15H25N5O2. The maximum atomic E-state index is 12.7. The highest BCUT2D eigenvalue weighted by molar-refractivity contribution is 5.71. The Morgan fingerprint density at radius 1 is 1.14 bits per heavy atom. The van der Waals surface area contributed by atoms with Crippen LogP contribution in [0.5, 0.6) is 0 Å². The van der Waals surface area contributed by atoms with Gasteiger partial charge in [-0.25, -0.2) is 9.78 Å². The number of fused-ring (bicyclic) bond motifs is 1. The Bertz CT molecular complexity index is 784. The van der Waals surface area contributed by atoms with Crippen LogP contribution in [0.3, 0.4) is 0 Å². The van der Waals surface area contributed by atoms with Crippen LogP contribution in [-0.4, -0.2) is 25.2 Å². The minimum absolute atomic E-state index is 0.0145. The van der Waals surface area contributed by atoms with Crippen molar-refractivity contribution < 1.29 is 0 Å². The van der Waals surface area contributed by atoms with Crippen molar-refractivity contribution in [3.05, 3.63) is 26.7 Å². The number of nitrogens with zero attached hydrogens (tertiary/aromatic N) is 4. The van der Waals surface area contributed by atoms with E-state index in [1.54, 1.807) is 4.57 Å². The molecule has 0 saturated carbocycles. The number of hydrogen-bond donors (Lipinski definition) is 1. The normalized spacial score (nSPS) is 13.0. The molecule has 2 aromatic rings. The predicted octanol–water partition coefficient (Wildman–Crippen LogP) is 0.872. The quantitative estimate of drug-likeness (QED) is 0.858. The van der Waals surface area contributed by atoms with Crippen molar-refractivity contribution in [2.75, 3.05) is 6.54 Å². The van der Waals surface area contributed by atoms with Gasteiger partial charge in [-0.1, -0.05) is 6.92 Å². The highest BCUT2D eigenvalue weighted by Gasteiger charge is 2.22. The zero-order chi connectivity index (χ0) is 16.4. The van der Waals surface area contributed by atoms with Crippen molar-refractivity contribution in [2.24, 2.45) is 5.73 Å².